The first-order chi connectivity index (χ1) is 26.3. The van der Waals surface area contributed by atoms with E-state index in [-0.39, 0.29) is 10.8 Å². The van der Waals surface area contributed by atoms with E-state index >= 15 is 0 Å². The fourth-order valence-corrected chi connectivity index (χ4v) is 9.52. The van der Waals surface area contributed by atoms with Crippen LogP contribution in [0, 0.1) is 0 Å². The number of nitrogens with zero attached hydrogens (tertiary/aromatic N) is 2. The van der Waals surface area contributed by atoms with Crippen LogP contribution in [0.15, 0.2) is 176 Å². The van der Waals surface area contributed by atoms with Crippen LogP contribution in [0.1, 0.15) is 62.8 Å². The Balaban J connectivity index is 1.14. The summed E-state index contributed by atoms with van der Waals surface area (Å²) in [7, 11) is 0. The van der Waals surface area contributed by atoms with Crippen molar-refractivity contribution in [1.29, 1.82) is 0 Å². The highest BCUT2D eigenvalue weighted by Crippen LogP contribution is 2.59. The van der Waals surface area contributed by atoms with Gasteiger partial charge in [0.25, 0.3) is 0 Å². The van der Waals surface area contributed by atoms with Gasteiger partial charge in [0, 0.05) is 44.7 Å². The molecule has 0 fully saturated rings. The van der Waals surface area contributed by atoms with Crippen molar-refractivity contribution in [3.8, 4) is 22.3 Å². The molecule has 0 saturated carbocycles. The summed E-state index contributed by atoms with van der Waals surface area (Å²) >= 11 is 0. The normalized spacial score (nSPS) is 15.6. The second kappa shape index (κ2) is 12.2. The summed E-state index contributed by atoms with van der Waals surface area (Å²) in [4.78, 5) is 4.89. The number of allylic oxidation sites excluding steroid dienone is 4. The summed E-state index contributed by atoms with van der Waals surface area (Å²) in [6, 6.07) is 56.2. The fourth-order valence-electron chi connectivity index (χ4n) is 9.52. The molecule has 262 valence electrons. The minimum atomic E-state index is -0.199. The van der Waals surface area contributed by atoms with Crippen LogP contribution in [-0.2, 0) is 10.8 Å². The van der Waals surface area contributed by atoms with Gasteiger partial charge in [-0.05, 0) is 136 Å². The largest absolute Gasteiger partial charge is 0.314 e. The molecule has 0 spiro atoms. The van der Waals surface area contributed by atoms with E-state index in [1.165, 1.54) is 78.0 Å². The smallest absolute Gasteiger partial charge is 0.0543 e. The van der Waals surface area contributed by atoms with Gasteiger partial charge < -0.3 is 9.80 Å². The van der Waals surface area contributed by atoms with E-state index in [1.807, 2.05) is 0 Å². The summed E-state index contributed by atoms with van der Waals surface area (Å²) in [5.74, 6) is 0. The van der Waals surface area contributed by atoms with Gasteiger partial charge in [0.05, 0.1) is 5.69 Å². The first kappa shape index (κ1) is 32.5. The van der Waals surface area contributed by atoms with Crippen molar-refractivity contribution in [3.63, 3.8) is 0 Å². The molecule has 0 atom stereocenters. The number of benzene rings is 7. The molecule has 7 aromatic carbocycles. The predicted octanol–water partition coefficient (Wildman–Crippen LogP) is 14.3. The van der Waals surface area contributed by atoms with Gasteiger partial charge in [-0.3, -0.25) is 0 Å². The van der Waals surface area contributed by atoms with Gasteiger partial charge in [0.1, 0.15) is 0 Å². The quantitative estimate of drug-likeness (QED) is 0.171. The van der Waals surface area contributed by atoms with Crippen LogP contribution in [0.25, 0.3) is 33.0 Å². The maximum absolute atomic E-state index is 2.56. The Morgan fingerprint density at radius 3 is 1.61 bits per heavy atom. The summed E-state index contributed by atoms with van der Waals surface area (Å²) < 4.78 is 0. The number of rotatable bonds is 6. The van der Waals surface area contributed by atoms with E-state index in [2.05, 4.69) is 207 Å². The van der Waals surface area contributed by atoms with E-state index in [1.54, 1.807) is 0 Å². The maximum Gasteiger partial charge on any atom is 0.0543 e. The molecule has 0 radical (unpaired) electrons. The maximum atomic E-state index is 2.56. The molecule has 0 aromatic heterocycles. The Kier molecular flexibility index (Phi) is 7.36. The molecule has 0 N–H and O–H groups in total. The molecule has 0 unspecified atom stereocenters. The minimum absolute atomic E-state index is 0.168. The average Bonchev–Trinajstić information content (AvgIpc) is 3.57. The summed E-state index contributed by atoms with van der Waals surface area (Å²) in [5.41, 5.74) is 18.0. The van der Waals surface area contributed by atoms with Gasteiger partial charge in [-0.1, -0.05) is 125 Å². The van der Waals surface area contributed by atoms with Crippen LogP contribution in [-0.4, -0.2) is 0 Å². The van der Waals surface area contributed by atoms with Crippen molar-refractivity contribution in [3.05, 3.63) is 198 Å². The molecule has 7 aromatic rings. The highest BCUT2D eigenvalue weighted by atomic mass is 15.2. The molecular formula is C52H44N2. The first-order valence-electron chi connectivity index (χ1n) is 19.3. The average molecular weight is 697 g/mol. The van der Waals surface area contributed by atoms with Crippen molar-refractivity contribution < 1.29 is 0 Å². The van der Waals surface area contributed by atoms with Crippen molar-refractivity contribution in [1.82, 2.24) is 0 Å². The molecule has 0 amide bonds. The number of fused-ring (bicyclic) bond motifs is 8. The van der Waals surface area contributed by atoms with Crippen LogP contribution in [0.3, 0.4) is 0 Å². The van der Waals surface area contributed by atoms with E-state index in [4.69, 9.17) is 0 Å². The second-order valence-electron chi connectivity index (χ2n) is 16.1. The molecule has 2 nitrogen and oxygen atoms in total. The second-order valence-corrected chi connectivity index (χ2v) is 16.1. The molecule has 0 aliphatic heterocycles. The lowest BCUT2D eigenvalue weighted by Crippen LogP contribution is -2.19. The highest BCUT2D eigenvalue weighted by molar-refractivity contribution is 6.10. The summed E-state index contributed by atoms with van der Waals surface area (Å²) in [6.45, 7) is 9.69. The van der Waals surface area contributed by atoms with Gasteiger partial charge in [-0.2, -0.15) is 0 Å². The van der Waals surface area contributed by atoms with Crippen LogP contribution in [0.5, 0.6) is 0 Å². The van der Waals surface area contributed by atoms with Crippen LogP contribution in [0.2, 0.25) is 0 Å². The Labute approximate surface area is 319 Å². The molecule has 54 heavy (non-hydrogen) atoms. The van der Waals surface area contributed by atoms with Crippen LogP contribution >= 0.6 is 0 Å². The Morgan fingerprint density at radius 2 is 0.981 bits per heavy atom. The monoisotopic (exact) mass is 696 g/mol. The van der Waals surface area contributed by atoms with E-state index in [9.17, 15) is 0 Å². The van der Waals surface area contributed by atoms with Gasteiger partial charge in [0.2, 0.25) is 0 Å². The standard InChI is InChI=1S/C52H44N2/c1-51(2)45-31-39(53(35-19-9-5-10-20-35)36-21-11-6-12-22-36)29-30-40(45)43-32-47-44(33-46(43)51)50-42-28-18-17-27-41(42)49(34-48(50)52(47,3)4)54(37-23-13-7-14-24-37)38-25-15-8-16-26-38/h5-11,13-21,23-34H,12,22H2,1-4H3. The molecule has 0 heterocycles. The third-order valence-electron chi connectivity index (χ3n) is 12.3. The zero-order chi connectivity index (χ0) is 36.6. The number of hydrogen-bond acceptors (Lipinski definition) is 2. The molecule has 10 rings (SSSR count). The lowest BCUT2D eigenvalue weighted by atomic mass is 9.79. The molecular weight excluding hydrogens is 653 g/mol. The van der Waals surface area contributed by atoms with Crippen molar-refractivity contribution in [2.75, 3.05) is 9.80 Å². The molecule has 0 bridgehead atoms. The summed E-state index contributed by atoms with van der Waals surface area (Å²) in [6.07, 6.45) is 8.84. The lowest BCUT2D eigenvalue weighted by molar-refractivity contribution is 0.652. The van der Waals surface area contributed by atoms with Crippen LogP contribution < -0.4 is 9.80 Å². The van der Waals surface area contributed by atoms with E-state index in [0.717, 1.165) is 24.2 Å². The van der Waals surface area contributed by atoms with Crippen molar-refractivity contribution in [2.45, 2.75) is 51.4 Å². The Morgan fingerprint density at radius 1 is 0.444 bits per heavy atom. The zero-order valence-corrected chi connectivity index (χ0v) is 31.5. The molecule has 0 saturated heterocycles. The SMILES string of the molecule is CC1(C)c2cc(N(C3=CC=CCC3)c3ccccc3)ccc2-c2cc3c(cc21)-c1c(cc(N(c2ccccc2)c2ccccc2)c2ccccc12)C3(C)C. The lowest BCUT2D eigenvalue weighted by Gasteiger charge is -2.30. The topological polar surface area (TPSA) is 6.48 Å². The molecule has 3 aliphatic rings. The first-order valence-corrected chi connectivity index (χ1v) is 19.3. The van der Waals surface area contributed by atoms with E-state index < -0.39 is 0 Å². The van der Waals surface area contributed by atoms with Crippen LogP contribution in [0.4, 0.5) is 28.4 Å². The molecule has 3 aliphatic carbocycles. The van der Waals surface area contributed by atoms with Gasteiger partial charge in [-0.15, -0.1) is 0 Å². The minimum Gasteiger partial charge on any atom is -0.314 e. The van der Waals surface area contributed by atoms with Gasteiger partial charge >= 0.3 is 0 Å². The zero-order valence-electron chi connectivity index (χ0n) is 31.5. The number of para-hydroxylation sites is 3. The highest BCUT2D eigenvalue weighted by Gasteiger charge is 2.43. The van der Waals surface area contributed by atoms with E-state index in [0.29, 0.717) is 0 Å². The van der Waals surface area contributed by atoms with Gasteiger partial charge in [0.15, 0.2) is 0 Å². The Bertz CT molecular complexity index is 2610. The third-order valence-corrected chi connectivity index (χ3v) is 12.3. The predicted molar refractivity (Wildman–Crippen MR) is 229 cm³/mol. The van der Waals surface area contributed by atoms with Crippen molar-refractivity contribution >= 4 is 39.2 Å². The summed E-state index contributed by atoms with van der Waals surface area (Å²) in [5, 5.41) is 2.56. The number of anilines is 5. The van der Waals surface area contributed by atoms with Gasteiger partial charge in [-0.25, -0.2) is 0 Å². The molecule has 2 heteroatoms. The Hall–Kier alpha value is -6.12. The third kappa shape index (κ3) is 4.86. The number of hydrogen-bond donors (Lipinski definition) is 0. The fraction of sp³-hybridized carbons (Fsp3) is 0.154. The van der Waals surface area contributed by atoms with Crippen molar-refractivity contribution in [2.24, 2.45) is 0 Å².